The minimum absolute atomic E-state index is 0.0407. The lowest BCUT2D eigenvalue weighted by Crippen LogP contribution is -2.45. The van der Waals surface area contributed by atoms with Crippen molar-refractivity contribution in [2.24, 2.45) is 0 Å². The molecule has 0 bridgehead atoms. The van der Waals surface area contributed by atoms with Gasteiger partial charge in [-0.25, -0.2) is 0 Å². The Morgan fingerprint density at radius 1 is 1.08 bits per heavy atom. The Labute approximate surface area is 141 Å². The molecule has 1 aliphatic rings. The Morgan fingerprint density at radius 3 is 2.29 bits per heavy atom. The van der Waals surface area contributed by atoms with Gasteiger partial charge < -0.3 is 21.5 Å². The fraction of sp³-hybridized carbons (Fsp3) is 0.316. The Kier molecular flexibility index (Phi) is 4.20. The second-order valence-electron chi connectivity index (χ2n) is 6.52. The van der Waals surface area contributed by atoms with Crippen molar-refractivity contribution in [1.82, 2.24) is 4.90 Å². The summed E-state index contributed by atoms with van der Waals surface area (Å²) in [6, 6.07) is 12.7. The molecule has 2 aromatic carbocycles. The summed E-state index contributed by atoms with van der Waals surface area (Å²) in [4.78, 5) is 14.4. The van der Waals surface area contributed by atoms with E-state index in [1.54, 1.807) is 29.2 Å². The lowest BCUT2D eigenvalue weighted by atomic mass is 9.84. The van der Waals surface area contributed by atoms with E-state index in [2.05, 4.69) is 0 Å². The Bertz CT molecular complexity index is 748. The molecule has 3 rings (SSSR count). The fourth-order valence-corrected chi connectivity index (χ4v) is 3.12. The Hall–Kier alpha value is -2.53. The summed E-state index contributed by atoms with van der Waals surface area (Å²) in [7, 11) is 0. The number of aliphatic hydroxyl groups is 1. The Balaban J connectivity index is 1.71. The van der Waals surface area contributed by atoms with E-state index in [4.69, 9.17) is 11.5 Å². The smallest absolute Gasteiger partial charge is 0.253 e. The highest BCUT2D eigenvalue weighted by molar-refractivity contribution is 5.95. The first-order chi connectivity index (χ1) is 11.4. The molecule has 0 atom stereocenters. The number of nitrogen functional groups attached to an aromatic ring is 2. The summed E-state index contributed by atoms with van der Waals surface area (Å²) in [5, 5.41) is 10.9. The number of likely N-dealkylation sites (tertiary alicyclic amines) is 1. The molecule has 1 heterocycles. The van der Waals surface area contributed by atoms with Gasteiger partial charge in [0.05, 0.1) is 5.60 Å². The molecule has 1 aliphatic heterocycles. The number of anilines is 2. The van der Waals surface area contributed by atoms with Gasteiger partial charge in [0.25, 0.3) is 5.91 Å². The molecule has 0 saturated carbocycles. The van der Waals surface area contributed by atoms with Crippen molar-refractivity contribution in [3.8, 4) is 0 Å². The van der Waals surface area contributed by atoms with Crippen molar-refractivity contribution in [2.45, 2.75) is 25.4 Å². The zero-order valence-corrected chi connectivity index (χ0v) is 13.8. The van der Waals surface area contributed by atoms with Gasteiger partial charge in [0.15, 0.2) is 0 Å². The van der Waals surface area contributed by atoms with E-state index < -0.39 is 5.60 Å². The number of hydrogen-bond acceptors (Lipinski definition) is 4. The number of piperidine rings is 1. The van der Waals surface area contributed by atoms with E-state index in [0.29, 0.717) is 42.9 Å². The van der Waals surface area contributed by atoms with Gasteiger partial charge >= 0.3 is 0 Å². The number of rotatable bonds is 2. The molecule has 5 N–H and O–H groups in total. The molecular formula is C19H23N3O2. The van der Waals surface area contributed by atoms with E-state index in [1.807, 2.05) is 25.1 Å². The van der Waals surface area contributed by atoms with E-state index in [9.17, 15) is 9.90 Å². The van der Waals surface area contributed by atoms with E-state index in [0.717, 1.165) is 11.1 Å². The van der Waals surface area contributed by atoms with Crippen molar-refractivity contribution in [2.75, 3.05) is 24.6 Å². The Morgan fingerprint density at radius 2 is 1.71 bits per heavy atom. The quantitative estimate of drug-likeness (QED) is 0.739. The maximum absolute atomic E-state index is 12.6. The van der Waals surface area contributed by atoms with Crippen molar-refractivity contribution in [3.63, 3.8) is 0 Å². The second kappa shape index (κ2) is 6.17. The minimum Gasteiger partial charge on any atom is -0.399 e. The normalized spacial score (nSPS) is 16.8. The number of carbonyl (C=O) groups excluding carboxylic acids is 1. The molecule has 0 spiro atoms. The molecular weight excluding hydrogens is 302 g/mol. The highest BCUT2D eigenvalue weighted by Gasteiger charge is 2.35. The summed E-state index contributed by atoms with van der Waals surface area (Å²) in [5.74, 6) is -0.0407. The maximum atomic E-state index is 12.6. The van der Waals surface area contributed by atoms with E-state index >= 15 is 0 Å². The third-order valence-electron chi connectivity index (χ3n) is 4.85. The molecule has 0 aliphatic carbocycles. The highest BCUT2D eigenvalue weighted by atomic mass is 16.3. The number of carbonyl (C=O) groups is 1. The van der Waals surface area contributed by atoms with Gasteiger partial charge in [-0.05, 0) is 55.2 Å². The number of amides is 1. The number of nitrogens with two attached hydrogens (primary N) is 2. The molecule has 126 valence electrons. The summed E-state index contributed by atoms with van der Waals surface area (Å²) in [6.45, 7) is 2.93. The molecule has 1 amide bonds. The van der Waals surface area contributed by atoms with E-state index in [1.165, 1.54) is 0 Å². The highest BCUT2D eigenvalue weighted by Crippen LogP contribution is 2.33. The van der Waals surface area contributed by atoms with Crippen LogP contribution in [0.25, 0.3) is 0 Å². The van der Waals surface area contributed by atoms with Crippen molar-refractivity contribution >= 4 is 17.3 Å². The van der Waals surface area contributed by atoms with Gasteiger partial charge in [-0.2, -0.15) is 0 Å². The molecule has 5 nitrogen and oxygen atoms in total. The summed E-state index contributed by atoms with van der Waals surface area (Å²) >= 11 is 0. The lowest BCUT2D eigenvalue weighted by Gasteiger charge is -2.38. The van der Waals surface area contributed by atoms with Crippen molar-refractivity contribution in [1.29, 1.82) is 0 Å². The molecule has 0 aromatic heterocycles. The first-order valence-electron chi connectivity index (χ1n) is 8.13. The topological polar surface area (TPSA) is 92.6 Å². The molecule has 24 heavy (non-hydrogen) atoms. The van der Waals surface area contributed by atoms with Crippen LogP contribution in [0.5, 0.6) is 0 Å². The van der Waals surface area contributed by atoms with Crippen LogP contribution in [0.3, 0.4) is 0 Å². The van der Waals surface area contributed by atoms with Gasteiger partial charge in [-0.1, -0.05) is 18.2 Å². The number of nitrogens with zero attached hydrogens (tertiary/aromatic N) is 1. The molecule has 1 saturated heterocycles. The third kappa shape index (κ3) is 3.08. The van der Waals surface area contributed by atoms with Crippen molar-refractivity contribution in [3.05, 3.63) is 59.2 Å². The maximum Gasteiger partial charge on any atom is 0.253 e. The van der Waals surface area contributed by atoms with Crippen LogP contribution in [0.2, 0.25) is 0 Å². The average Bonchev–Trinajstić information content (AvgIpc) is 2.58. The predicted molar refractivity (Wildman–Crippen MR) is 95.5 cm³/mol. The first-order valence-corrected chi connectivity index (χ1v) is 8.13. The van der Waals surface area contributed by atoms with Gasteiger partial charge in [0.1, 0.15) is 0 Å². The largest absolute Gasteiger partial charge is 0.399 e. The summed E-state index contributed by atoms with van der Waals surface area (Å²) < 4.78 is 0. The van der Waals surface area contributed by atoms with Gasteiger partial charge in [0, 0.05) is 30.0 Å². The van der Waals surface area contributed by atoms with Gasteiger partial charge in [0.2, 0.25) is 0 Å². The molecule has 1 fully saturated rings. The van der Waals surface area contributed by atoms with Gasteiger partial charge in [-0.15, -0.1) is 0 Å². The zero-order valence-electron chi connectivity index (χ0n) is 13.8. The average molecular weight is 325 g/mol. The van der Waals surface area contributed by atoms with Crippen LogP contribution >= 0.6 is 0 Å². The number of hydrogen-bond donors (Lipinski definition) is 3. The van der Waals surface area contributed by atoms with Crippen LogP contribution in [0.15, 0.2) is 42.5 Å². The lowest BCUT2D eigenvalue weighted by molar-refractivity contribution is -0.0211. The van der Waals surface area contributed by atoms with Crippen LogP contribution in [0, 0.1) is 6.92 Å². The fourth-order valence-electron chi connectivity index (χ4n) is 3.12. The van der Waals surface area contributed by atoms with Crippen LogP contribution in [-0.2, 0) is 5.60 Å². The van der Waals surface area contributed by atoms with Gasteiger partial charge in [-0.3, -0.25) is 4.79 Å². The molecule has 0 radical (unpaired) electrons. The molecule has 2 aromatic rings. The monoisotopic (exact) mass is 325 g/mol. The minimum atomic E-state index is -0.906. The number of aryl methyl sites for hydroxylation is 1. The van der Waals surface area contributed by atoms with Crippen LogP contribution in [0.4, 0.5) is 11.4 Å². The standard InChI is InChI=1S/C19H23N3O2/c1-13-2-3-14(12-17(13)21)18(23)22-10-8-19(24,9-11-22)15-4-6-16(20)7-5-15/h2-7,12,24H,8-11,20-21H2,1H3. The number of benzene rings is 2. The molecule has 5 heteroatoms. The van der Waals surface area contributed by atoms with Crippen LogP contribution in [0.1, 0.15) is 34.3 Å². The van der Waals surface area contributed by atoms with Crippen molar-refractivity contribution < 1.29 is 9.90 Å². The molecule has 0 unspecified atom stereocenters. The SMILES string of the molecule is Cc1ccc(C(=O)N2CCC(O)(c3ccc(N)cc3)CC2)cc1N. The second-order valence-corrected chi connectivity index (χ2v) is 6.52. The van der Waals surface area contributed by atoms with Crippen LogP contribution < -0.4 is 11.5 Å². The first kappa shape index (κ1) is 16.3. The zero-order chi connectivity index (χ0) is 17.3. The van der Waals surface area contributed by atoms with Crippen LogP contribution in [-0.4, -0.2) is 29.0 Å². The summed E-state index contributed by atoms with van der Waals surface area (Å²) in [5.41, 5.74) is 14.4. The predicted octanol–water partition coefficient (Wildman–Crippen LogP) is 2.28. The third-order valence-corrected chi connectivity index (χ3v) is 4.85. The van der Waals surface area contributed by atoms with E-state index in [-0.39, 0.29) is 5.91 Å². The summed E-state index contributed by atoms with van der Waals surface area (Å²) in [6.07, 6.45) is 1.01.